The summed E-state index contributed by atoms with van der Waals surface area (Å²) in [6.07, 6.45) is 1.40. The fourth-order valence-electron chi connectivity index (χ4n) is 3.10. The van der Waals surface area contributed by atoms with Crippen molar-refractivity contribution < 1.29 is 4.73 Å². The first-order valence-electron chi connectivity index (χ1n) is 7.99. The summed E-state index contributed by atoms with van der Waals surface area (Å²) in [5, 5.41) is 14.6. The molecule has 0 amide bonds. The van der Waals surface area contributed by atoms with Crippen molar-refractivity contribution in [3.8, 4) is 22.4 Å². The van der Waals surface area contributed by atoms with Crippen LogP contribution >= 0.6 is 34.8 Å². The second-order valence-electron chi connectivity index (χ2n) is 5.92. The van der Waals surface area contributed by atoms with Crippen molar-refractivity contribution in [2.75, 3.05) is 5.73 Å². The molecule has 4 nitrogen and oxygen atoms in total. The largest absolute Gasteiger partial charge is 0.618 e. The lowest BCUT2D eigenvalue weighted by Crippen LogP contribution is -2.29. The molecule has 2 N–H and O–H groups in total. The monoisotopic (exact) mass is 415 g/mol. The van der Waals surface area contributed by atoms with Gasteiger partial charge in [0.25, 0.3) is 5.69 Å². The number of nitrogen functional groups attached to an aromatic ring is 1. The Morgan fingerprint density at radius 3 is 2.22 bits per heavy atom. The molecule has 0 atom stereocenters. The van der Waals surface area contributed by atoms with E-state index in [-0.39, 0.29) is 11.5 Å². The third kappa shape index (κ3) is 3.06. The van der Waals surface area contributed by atoms with E-state index in [4.69, 9.17) is 40.5 Å². The molecule has 0 unspecified atom stereocenters. The van der Waals surface area contributed by atoms with Gasteiger partial charge in [-0.25, -0.2) is 4.98 Å². The van der Waals surface area contributed by atoms with Gasteiger partial charge in [0.1, 0.15) is 11.3 Å². The second kappa shape index (κ2) is 6.89. The summed E-state index contributed by atoms with van der Waals surface area (Å²) in [6.45, 7) is 0. The second-order valence-corrected chi connectivity index (χ2v) is 7.15. The van der Waals surface area contributed by atoms with E-state index in [9.17, 15) is 5.21 Å². The van der Waals surface area contributed by atoms with Crippen LogP contribution in [0.25, 0.3) is 33.3 Å². The molecule has 0 aliphatic carbocycles. The molecule has 0 radical (unpaired) electrons. The lowest BCUT2D eigenvalue weighted by Gasteiger charge is -2.14. The van der Waals surface area contributed by atoms with Gasteiger partial charge in [-0.15, -0.1) is 0 Å². The number of pyridine rings is 2. The summed E-state index contributed by atoms with van der Waals surface area (Å²) in [5.74, 6) is 0.257. The Hall–Kier alpha value is -2.53. The van der Waals surface area contributed by atoms with Crippen LogP contribution in [-0.4, -0.2) is 4.98 Å². The van der Waals surface area contributed by atoms with E-state index < -0.39 is 0 Å². The Morgan fingerprint density at radius 1 is 0.852 bits per heavy atom. The summed E-state index contributed by atoms with van der Waals surface area (Å²) >= 11 is 19.1. The Morgan fingerprint density at radius 2 is 1.52 bits per heavy atom. The fourth-order valence-corrected chi connectivity index (χ4v) is 3.91. The molecule has 4 rings (SSSR count). The molecule has 0 spiro atoms. The highest BCUT2D eigenvalue weighted by Crippen LogP contribution is 2.39. The van der Waals surface area contributed by atoms with Crippen molar-refractivity contribution in [2.45, 2.75) is 0 Å². The van der Waals surface area contributed by atoms with Crippen LogP contribution in [0, 0.1) is 5.21 Å². The highest BCUT2D eigenvalue weighted by atomic mass is 35.5. The minimum absolute atomic E-state index is 0.240. The van der Waals surface area contributed by atoms with Gasteiger partial charge in [-0.05, 0) is 29.8 Å². The predicted octanol–water partition coefficient (Wildman–Crippen LogP) is 5.74. The van der Waals surface area contributed by atoms with Crippen LogP contribution in [0.5, 0.6) is 0 Å². The van der Waals surface area contributed by atoms with Crippen molar-refractivity contribution in [3.05, 3.63) is 81.1 Å². The van der Waals surface area contributed by atoms with Crippen LogP contribution in [0.2, 0.25) is 15.1 Å². The molecule has 0 saturated heterocycles. The molecule has 4 aromatic rings. The third-order valence-electron chi connectivity index (χ3n) is 4.26. The number of fused-ring (bicyclic) bond motifs is 1. The predicted molar refractivity (Wildman–Crippen MR) is 111 cm³/mol. The van der Waals surface area contributed by atoms with Crippen LogP contribution in [0.15, 0.2) is 60.8 Å². The van der Waals surface area contributed by atoms with E-state index >= 15 is 0 Å². The molecule has 0 aliphatic heterocycles. The van der Waals surface area contributed by atoms with E-state index in [0.29, 0.717) is 30.9 Å². The SMILES string of the molecule is Nc1cc(-c2ccccc2Cl)c2cc[n+]([O-])c(-c3c(Cl)cccc3Cl)c2n1. The number of halogens is 3. The van der Waals surface area contributed by atoms with Crippen LogP contribution in [0.4, 0.5) is 5.82 Å². The van der Waals surface area contributed by atoms with Gasteiger partial charge in [-0.3, -0.25) is 0 Å². The summed E-state index contributed by atoms with van der Waals surface area (Å²) in [6, 6.07) is 15.9. The van der Waals surface area contributed by atoms with E-state index in [1.165, 1.54) is 6.20 Å². The van der Waals surface area contributed by atoms with E-state index in [1.807, 2.05) is 18.2 Å². The molecule has 2 aromatic heterocycles. The summed E-state index contributed by atoms with van der Waals surface area (Å²) in [4.78, 5) is 4.41. The topological polar surface area (TPSA) is 65.8 Å². The molecular formula is C20H12Cl3N3O. The Kier molecular flexibility index (Phi) is 4.56. The highest BCUT2D eigenvalue weighted by Gasteiger charge is 2.23. The maximum Gasteiger partial charge on any atom is 0.253 e. The average Bonchev–Trinajstić information content (AvgIpc) is 2.63. The number of hydrogen-bond donors (Lipinski definition) is 1. The minimum atomic E-state index is 0.240. The van der Waals surface area contributed by atoms with Gasteiger partial charge in [0.2, 0.25) is 0 Å². The first-order valence-corrected chi connectivity index (χ1v) is 9.12. The fraction of sp³-hybridized carbons (Fsp3) is 0. The van der Waals surface area contributed by atoms with Gasteiger partial charge < -0.3 is 10.9 Å². The van der Waals surface area contributed by atoms with Crippen LogP contribution in [0.3, 0.4) is 0 Å². The first-order chi connectivity index (χ1) is 13.0. The van der Waals surface area contributed by atoms with Crippen molar-refractivity contribution in [1.82, 2.24) is 4.98 Å². The molecule has 7 heteroatoms. The van der Waals surface area contributed by atoms with Gasteiger partial charge in [-0.1, -0.05) is 59.1 Å². The molecular weight excluding hydrogens is 405 g/mol. The van der Waals surface area contributed by atoms with Gasteiger partial charge in [-0.2, -0.15) is 4.73 Å². The van der Waals surface area contributed by atoms with Crippen LogP contribution < -0.4 is 10.5 Å². The first kappa shape index (κ1) is 17.9. The molecule has 0 fully saturated rings. The molecule has 0 bridgehead atoms. The lowest BCUT2D eigenvalue weighted by atomic mass is 9.99. The minimum Gasteiger partial charge on any atom is -0.618 e. The third-order valence-corrected chi connectivity index (χ3v) is 5.22. The maximum atomic E-state index is 12.7. The Labute approximate surface area is 170 Å². The zero-order valence-corrected chi connectivity index (χ0v) is 16.1. The van der Waals surface area contributed by atoms with Crippen molar-refractivity contribution >= 4 is 51.5 Å². The molecule has 134 valence electrons. The van der Waals surface area contributed by atoms with Gasteiger partial charge >= 0.3 is 0 Å². The zero-order chi connectivity index (χ0) is 19.1. The number of hydrogen-bond acceptors (Lipinski definition) is 3. The highest BCUT2D eigenvalue weighted by molar-refractivity contribution is 6.39. The van der Waals surface area contributed by atoms with E-state index in [2.05, 4.69) is 4.98 Å². The number of benzene rings is 2. The lowest BCUT2D eigenvalue weighted by molar-refractivity contribution is -0.592. The summed E-state index contributed by atoms with van der Waals surface area (Å²) in [7, 11) is 0. The van der Waals surface area contributed by atoms with Crippen molar-refractivity contribution in [3.63, 3.8) is 0 Å². The standard InChI is InChI=1S/C20H12Cl3N3O/c21-14-5-2-1-4-11(14)13-10-17(24)25-19-12(13)8-9-26(27)20(19)18-15(22)6-3-7-16(18)23/h1-10H,(H2,24,25). The number of anilines is 1. The smallest absolute Gasteiger partial charge is 0.253 e. The molecule has 2 aromatic carbocycles. The molecule has 27 heavy (non-hydrogen) atoms. The van der Waals surface area contributed by atoms with Crippen molar-refractivity contribution in [1.29, 1.82) is 0 Å². The Balaban J connectivity index is 2.14. The quantitative estimate of drug-likeness (QED) is 0.334. The Bertz CT molecular complexity index is 1170. The molecule has 0 aliphatic rings. The van der Waals surface area contributed by atoms with Crippen molar-refractivity contribution in [2.24, 2.45) is 0 Å². The number of nitrogens with two attached hydrogens (primary N) is 1. The normalized spacial score (nSPS) is 11.1. The van der Waals surface area contributed by atoms with E-state index in [1.54, 1.807) is 36.4 Å². The van der Waals surface area contributed by atoms with Gasteiger partial charge in [0.05, 0.1) is 15.6 Å². The number of aromatic nitrogens is 2. The maximum absolute atomic E-state index is 12.7. The summed E-state index contributed by atoms with van der Waals surface area (Å²) in [5.41, 5.74) is 8.66. The van der Waals surface area contributed by atoms with Crippen LogP contribution in [0.1, 0.15) is 0 Å². The zero-order valence-electron chi connectivity index (χ0n) is 13.8. The number of nitrogens with zero attached hydrogens (tertiary/aromatic N) is 2. The van der Waals surface area contributed by atoms with Crippen LogP contribution in [-0.2, 0) is 0 Å². The van der Waals surface area contributed by atoms with Gasteiger partial charge in [0, 0.05) is 22.0 Å². The van der Waals surface area contributed by atoms with Gasteiger partial charge in [0.15, 0.2) is 6.20 Å². The molecule has 2 heterocycles. The molecule has 0 saturated carbocycles. The summed E-state index contributed by atoms with van der Waals surface area (Å²) < 4.78 is 0.693. The number of rotatable bonds is 2. The van der Waals surface area contributed by atoms with E-state index in [0.717, 1.165) is 16.5 Å². The average molecular weight is 417 g/mol.